The molecule has 0 aliphatic carbocycles. The summed E-state index contributed by atoms with van der Waals surface area (Å²) in [5.74, 6) is -0.447. The van der Waals surface area contributed by atoms with Crippen molar-refractivity contribution in [2.24, 2.45) is 0 Å². The van der Waals surface area contributed by atoms with E-state index in [1.807, 2.05) is 20.8 Å². The summed E-state index contributed by atoms with van der Waals surface area (Å²) in [6.45, 7) is 8.64. The molecule has 12 heavy (non-hydrogen) atoms. The van der Waals surface area contributed by atoms with E-state index in [1.54, 1.807) is 0 Å². The number of hydrogen-bond acceptors (Lipinski definition) is 3. The Morgan fingerprint density at radius 3 is 2.50 bits per heavy atom. The standard InChI is InChI=1S/C9H16O3/c1-6-9(4)7(5-10-6)11-8(2,3)12-9/h6-7H,5H2,1-4H3/t6-,7?,9-/m1/s1. The van der Waals surface area contributed by atoms with Crippen molar-refractivity contribution in [3.8, 4) is 0 Å². The highest BCUT2D eigenvalue weighted by atomic mass is 16.8. The molecule has 3 heteroatoms. The minimum absolute atomic E-state index is 0.0995. The molecule has 3 nitrogen and oxygen atoms in total. The number of hydrogen-bond donors (Lipinski definition) is 0. The van der Waals surface area contributed by atoms with Crippen molar-refractivity contribution >= 4 is 0 Å². The molecule has 2 aliphatic heterocycles. The average molecular weight is 172 g/mol. The van der Waals surface area contributed by atoms with Gasteiger partial charge in [-0.3, -0.25) is 0 Å². The zero-order chi connectivity index (χ0) is 8.98. The number of fused-ring (bicyclic) bond motifs is 1. The van der Waals surface area contributed by atoms with Gasteiger partial charge in [0, 0.05) is 0 Å². The lowest BCUT2D eigenvalue weighted by molar-refractivity contribution is -0.191. The quantitative estimate of drug-likeness (QED) is 0.551. The number of ether oxygens (including phenoxy) is 3. The maximum Gasteiger partial charge on any atom is 0.164 e. The molecule has 2 heterocycles. The van der Waals surface area contributed by atoms with E-state index in [4.69, 9.17) is 14.2 Å². The Balaban J connectivity index is 2.23. The van der Waals surface area contributed by atoms with Crippen molar-refractivity contribution in [2.45, 2.75) is 51.3 Å². The van der Waals surface area contributed by atoms with E-state index in [9.17, 15) is 0 Å². The molecule has 0 saturated carbocycles. The normalized spacial score (nSPS) is 51.0. The van der Waals surface area contributed by atoms with E-state index >= 15 is 0 Å². The van der Waals surface area contributed by atoms with Gasteiger partial charge in [0.05, 0.1) is 12.7 Å². The first-order chi connectivity index (χ1) is 5.44. The first-order valence-corrected chi connectivity index (χ1v) is 4.44. The molecule has 0 radical (unpaired) electrons. The van der Waals surface area contributed by atoms with Gasteiger partial charge in [0.15, 0.2) is 5.79 Å². The summed E-state index contributed by atoms with van der Waals surface area (Å²) in [6.07, 6.45) is 0.228. The van der Waals surface area contributed by atoms with Gasteiger partial charge in [-0.15, -0.1) is 0 Å². The Hall–Kier alpha value is -0.120. The largest absolute Gasteiger partial charge is 0.373 e. The van der Waals surface area contributed by atoms with Gasteiger partial charge in [0.25, 0.3) is 0 Å². The molecule has 0 aromatic carbocycles. The minimum Gasteiger partial charge on any atom is -0.373 e. The second-order valence-electron chi connectivity index (χ2n) is 4.27. The molecule has 0 N–H and O–H groups in total. The van der Waals surface area contributed by atoms with Crippen molar-refractivity contribution in [3.05, 3.63) is 0 Å². The molecule has 0 bridgehead atoms. The van der Waals surface area contributed by atoms with Crippen LogP contribution in [0.3, 0.4) is 0 Å². The topological polar surface area (TPSA) is 27.7 Å². The van der Waals surface area contributed by atoms with Gasteiger partial charge in [0.2, 0.25) is 0 Å². The van der Waals surface area contributed by atoms with Crippen LogP contribution in [0.25, 0.3) is 0 Å². The smallest absolute Gasteiger partial charge is 0.164 e. The van der Waals surface area contributed by atoms with Crippen LogP contribution >= 0.6 is 0 Å². The van der Waals surface area contributed by atoms with E-state index in [2.05, 4.69) is 6.92 Å². The number of rotatable bonds is 0. The molecule has 0 aromatic rings. The summed E-state index contributed by atoms with van der Waals surface area (Å²) in [5, 5.41) is 0. The first-order valence-electron chi connectivity index (χ1n) is 4.44. The highest BCUT2D eigenvalue weighted by Crippen LogP contribution is 2.43. The Morgan fingerprint density at radius 1 is 1.25 bits per heavy atom. The van der Waals surface area contributed by atoms with Gasteiger partial charge in [-0.25, -0.2) is 0 Å². The van der Waals surface area contributed by atoms with Crippen LogP contribution in [0.5, 0.6) is 0 Å². The summed E-state index contributed by atoms with van der Waals surface area (Å²) in [6, 6.07) is 0. The molecule has 2 aliphatic rings. The zero-order valence-corrected chi connectivity index (χ0v) is 8.09. The third-order valence-corrected chi connectivity index (χ3v) is 2.84. The fourth-order valence-electron chi connectivity index (χ4n) is 2.02. The monoisotopic (exact) mass is 172 g/mol. The summed E-state index contributed by atoms with van der Waals surface area (Å²) >= 11 is 0. The first kappa shape index (κ1) is 8.48. The molecule has 2 saturated heterocycles. The van der Waals surface area contributed by atoms with Gasteiger partial charge in [-0.2, -0.15) is 0 Å². The van der Waals surface area contributed by atoms with Crippen molar-refractivity contribution in [1.82, 2.24) is 0 Å². The Bertz CT molecular complexity index is 202. The highest BCUT2D eigenvalue weighted by Gasteiger charge is 2.57. The van der Waals surface area contributed by atoms with E-state index < -0.39 is 5.79 Å². The molecule has 1 unspecified atom stereocenters. The van der Waals surface area contributed by atoms with Crippen LogP contribution < -0.4 is 0 Å². The lowest BCUT2D eigenvalue weighted by atomic mass is 9.97. The fourth-order valence-corrected chi connectivity index (χ4v) is 2.02. The van der Waals surface area contributed by atoms with Crippen molar-refractivity contribution in [3.63, 3.8) is 0 Å². The summed E-state index contributed by atoms with van der Waals surface area (Å²) in [5.41, 5.74) is -0.247. The summed E-state index contributed by atoms with van der Waals surface area (Å²) < 4.78 is 17.0. The minimum atomic E-state index is -0.447. The maximum atomic E-state index is 5.83. The van der Waals surface area contributed by atoms with E-state index in [0.717, 1.165) is 0 Å². The lowest BCUT2D eigenvalue weighted by Crippen LogP contribution is -2.41. The molecule has 70 valence electrons. The van der Waals surface area contributed by atoms with Crippen LogP contribution in [-0.2, 0) is 14.2 Å². The predicted octanol–water partition coefficient (Wildman–Crippen LogP) is 1.32. The fraction of sp³-hybridized carbons (Fsp3) is 1.00. The Labute approximate surface area is 73.0 Å². The van der Waals surface area contributed by atoms with E-state index in [1.165, 1.54) is 0 Å². The molecular formula is C9H16O3. The van der Waals surface area contributed by atoms with Crippen molar-refractivity contribution in [2.75, 3.05) is 6.61 Å². The van der Waals surface area contributed by atoms with Crippen LogP contribution in [0.15, 0.2) is 0 Å². The van der Waals surface area contributed by atoms with Gasteiger partial charge in [-0.1, -0.05) is 0 Å². The molecule has 3 atom stereocenters. The van der Waals surface area contributed by atoms with Crippen molar-refractivity contribution in [1.29, 1.82) is 0 Å². The third-order valence-electron chi connectivity index (χ3n) is 2.84. The van der Waals surface area contributed by atoms with Gasteiger partial charge in [0.1, 0.15) is 11.7 Å². The lowest BCUT2D eigenvalue weighted by Gasteiger charge is -2.27. The SMILES string of the molecule is C[C@H]1OCC2OC(C)(C)O[C@@]21C. The highest BCUT2D eigenvalue weighted by molar-refractivity contribution is 5.01. The van der Waals surface area contributed by atoms with Gasteiger partial charge in [-0.05, 0) is 27.7 Å². The van der Waals surface area contributed by atoms with Gasteiger partial charge >= 0.3 is 0 Å². The van der Waals surface area contributed by atoms with E-state index in [-0.39, 0.29) is 17.8 Å². The Kier molecular flexibility index (Phi) is 1.57. The molecule has 0 amide bonds. The predicted molar refractivity (Wildman–Crippen MR) is 43.9 cm³/mol. The second-order valence-corrected chi connectivity index (χ2v) is 4.27. The average Bonchev–Trinajstić information content (AvgIpc) is 2.27. The zero-order valence-electron chi connectivity index (χ0n) is 8.09. The van der Waals surface area contributed by atoms with Gasteiger partial charge < -0.3 is 14.2 Å². The van der Waals surface area contributed by atoms with Crippen molar-refractivity contribution < 1.29 is 14.2 Å². The molecule has 0 aromatic heterocycles. The van der Waals surface area contributed by atoms with Crippen LogP contribution in [0.2, 0.25) is 0 Å². The van der Waals surface area contributed by atoms with Crippen LogP contribution in [-0.4, -0.2) is 30.2 Å². The van der Waals surface area contributed by atoms with Crippen LogP contribution in [0.4, 0.5) is 0 Å². The molecular weight excluding hydrogens is 156 g/mol. The Morgan fingerprint density at radius 2 is 1.92 bits per heavy atom. The van der Waals surface area contributed by atoms with Crippen LogP contribution in [0, 0.1) is 0 Å². The van der Waals surface area contributed by atoms with E-state index in [0.29, 0.717) is 6.61 Å². The third kappa shape index (κ3) is 1.00. The molecule has 0 spiro atoms. The summed E-state index contributed by atoms with van der Waals surface area (Å²) in [4.78, 5) is 0. The maximum absolute atomic E-state index is 5.83. The second kappa shape index (κ2) is 2.22. The summed E-state index contributed by atoms with van der Waals surface area (Å²) in [7, 11) is 0. The van der Waals surface area contributed by atoms with Crippen LogP contribution in [0.1, 0.15) is 27.7 Å². The molecule has 2 fully saturated rings. The molecule has 2 rings (SSSR count).